The molecule has 1 heterocycles. The summed E-state index contributed by atoms with van der Waals surface area (Å²) in [6.07, 6.45) is 0.161. The molecule has 6 heteroatoms. The number of rotatable bonds is 3. The van der Waals surface area contributed by atoms with Crippen molar-refractivity contribution in [2.45, 2.75) is 25.4 Å². The molecule has 0 bridgehead atoms. The van der Waals surface area contributed by atoms with Crippen molar-refractivity contribution in [1.29, 1.82) is 0 Å². The lowest BCUT2D eigenvalue weighted by atomic mass is 9.93. The number of nitrogens with zero attached hydrogens (tertiary/aromatic N) is 1. The van der Waals surface area contributed by atoms with E-state index in [4.69, 9.17) is 4.74 Å². The third-order valence-electron chi connectivity index (χ3n) is 3.86. The van der Waals surface area contributed by atoms with Gasteiger partial charge in [0, 0.05) is 0 Å². The Morgan fingerprint density at radius 3 is 2.24 bits per heavy atom. The second-order valence-corrected chi connectivity index (χ2v) is 5.14. The van der Waals surface area contributed by atoms with Crippen LogP contribution in [0.25, 0.3) is 0 Å². The van der Waals surface area contributed by atoms with Crippen LogP contribution in [0.2, 0.25) is 0 Å². The Bertz CT molecular complexity index is 527. The van der Waals surface area contributed by atoms with Crippen LogP contribution < -0.4 is 0 Å². The number of carbonyl (C=O) groups is 2. The van der Waals surface area contributed by atoms with Crippen molar-refractivity contribution in [3.8, 4) is 0 Å². The van der Waals surface area contributed by atoms with E-state index in [0.29, 0.717) is 0 Å². The van der Waals surface area contributed by atoms with Gasteiger partial charge in [-0.15, -0.1) is 0 Å². The quantitative estimate of drug-likeness (QED) is 0.850. The largest absolute Gasteiger partial charge is 0.469 e. The molecule has 0 aliphatic carbocycles. The van der Waals surface area contributed by atoms with Gasteiger partial charge in [0.2, 0.25) is 0 Å². The molecule has 1 aromatic carbocycles. The standard InChI is InChI=1S/C15H19NO5/c1-9-4-6-10(7-5-9)13-11(14(17)20-2)8-12(16(13)19)15(18)21-3/h4-7,11-13,19H,8H2,1-3H3/t11-,12-,13-/m0/s1. The summed E-state index contributed by atoms with van der Waals surface area (Å²) in [6.45, 7) is 1.95. The van der Waals surface area contributed by atoms with Gasteiger partial charge in [-0.3, -0.25) is 9.59 Å². The van der Waals surface area contributed by atoms with Gasteiger partial charge in [0.15, 0.2) is 0 Å². The molecular formula is C15H19NO5. The number of aryl methyl sites for hydroxylation is 1. The fraction of sp³-hybridized carbons (Fsp3) is 0.467. The van der Waals surface area contributed by atoms with E-state index in [2.05, 4.69) is 4.74 Å². The number of hydrogen-bond acceptors (Lipinski definition) is 6. The molecule has 114 valence electrons. The highest BCUT2D eigenvalue weighted by Crippen LogP contribution is 2.40. The van der Waals surface area contributed by atoms with Crippen LogP contribution in [-0.4, -0.2) is 42.5 Å². The fourth-order valence-electron chi connectivity index (χ4n) is 2.72. The van der Waals surface area contributed by atoms with Gasteiger partial charge in [-0.2, -0.15) is 5.06 Å². The molecule has 0 saturated carbocycles. The molecule has 2 rings (SSSR count). The van der Waals surface area contributed by atoms with Gasteiger partial charge in [0.1, 0.15) is 6.04 Å². The lowest BCUT2D eigenvalue weighted by Crippen LogP contribution is -2.36. The van der Waals surface area contributed by atoms with E-state index in [1.165, 1.54) is 14.2 Å². The summed E-state index contributed by atoms with van der Waals surface area (Å²) in [4.78, 5) is 23.7. The summed E-state index contributed by atoms with van der Waals surface area (Å²) in [5.41, 5.74) is 1.82. The first-order chi connectivity index (χ1) is 9.99. The Morgan fingerprint density at radius 2 is 1.71 bits per heavy atom. The lowest BCUT2D eigenvalue weighted by molar-refractivity contribution is -0.177. The first kappa shape index (κ1) is 15.5. The summed E-state index contributed by atoms with van der Waals surface area (Å²) in [5.74, 6) is -1.64. The van der Waals surface area contributed by atoms with Crippen molar-refractivity contribution >= 4 is 11.9 Å². The highest BCUT2D eigenvalue weighted by atomic mass is 16.5. The van der Waals surface area contributed by atoms with E-state index in [-0.39, 0.29) is 6.42 Å². The van der Waals surface area contributed by atoms with Crippen LogP contribution in [-0.2, 0) is 19.1 Å². The molecule has 1 aliphatic heterocycles. The third-order valence-corrected chi connectivity index (χ3v) is 3.86. The van der Waals surface area contributed by atoms with Crippen molar-refractivity contribution in [2.75, 3.05) is 14.2 Å². The lowest BCUT2D eigenvalue weighted by Gasteiger charge is -2.24. The van der Waals surface area contributed by atoms with Crippen molar-refractivity contribution in [2.24, 2.45) is 5.92 Å². The second kappa shape index (κ2) is 6.24. The Hall–Kier alpha value is -1.92. The van der Waals surface area contributed by atoms with Gasteiger partial charge in [-0.05, 0) is 18.9 Å². The molecule has 0 amide bonds. The Kier molecular flexibility index (Phi) is 4.59. The fourth-order valence-corrected chi connectivity index (χ4v) is 2.72. The Balaban J connectivity index is 2.36. The first-order valence-corrected chi connectivity index (χ1v) is 6.69. The van der Waals surface area contributed by atoms with Crippen LogP contribution in [0, 0.1) is 12.8 Å². The SMILES string of the molecule is COC(=O)[C@H]1C[C@@H](C(=O)OC)N(O)[C@H]1c1ccc(C)cc1. The second-order valence-electron chi connectivity index (χ2n) is 5.14. The van der Waals surface area contributed by atoms with Gasteiger partial charge in [-0.25, -0.2) is 0 Å². The maximum atomic E-state index is 12.0. The molecule has 0 radical (unpaired) electrons. The van der Waals surface area contributed by atoms with E-state index in [1.807, 2.05) is 31.2 Å². The van der Waals surface area contributed by atoms with Crippen LogP contribution >= 0.6 is 0 Å². The summed E-state index contributed by atoms with van der Waals surface area (Å²) < 4.78 is 9.47. The number of hydroxylamine groups is 2. The van der Waals surface area contributed by atoms with E-state index in [9.17, 15) is 14.8 Å². The number of esters is 2. The van der Waals surface area contributed by atoms with Gasteiger partial charge < -0.3 is 14.7 Å². The third kappa shape index (κ3) is 2.91. The minimum Gasteiger partial charge on any atom is -0.469 e. The summed E-state index contributed by atoms with van der Waals surface area (Å²) in [6, 6.07) is 5.96. The van der Waals surface area contributed by atoms with Crippen molar-refractivity contribution in [3.05, 3.63) is 35.4 Å². The maximum Gasteiger partial charge on any atom is 0.325 e. The molecule has 1 fully saturated rings. The summed E-state index contributed by atoms with van der Waals surface area (Å²) in [5, 5.41) is 11.2. The molecule has 6 nitrogen and oxygen atoms in total. The molecular weight excluding hydrogens is 274 g/mol. The maximum absolute atomic E-state index is 12.0. The predicted molar refractivity (Wildman–Crippen MR) is 73.5 cm³/mol. The smallest absolute Gasteiger partial charge is 0.325 e. The number of benzene rings is 1. The van der Waals surface area contributed by atoms with E-state index in [1.54, 1.807) is 0 Å². The molecule has 3 atom stereocenters. The van der Waals surface area contributed by atoms with Gasteiger partial charge in [0.05, 0.1) is 26.2 Å². The zero-order valence-electron chi connectivity index (χ0n) is 12.3. The molecule has 0 aromatic heterocycles. The van der Waals surface area contributed by atoms with Gasteiger partial charge in [0.25, 0.3) is 0 Å². The molecule has 1 N–H and O–H groups in total. The number of ether oxygens (including phenoxy) is 2. The molecule has 1 aliphatic rings. The summed E-state index contributed by atoms with van der Waals surface area (Å²) >= 11 is 0. The topological polar surface area (TPSA) is 76.1 Å². The first-order valence-electron chi connectivity index (χ1n) is 6.69. The van der Waals surface area contributed by atoms with E-state index >= 15 is 0 Å². The van der Waals surface area contributed by atoms with Crippen molar-refractivity contribution < 1.29 is 24.3 Å². The number of carbonyl (C=O) groups excluding carboxylic acids is 2. The monoisotopic (exact) mass is 293 g/mol. The minimum absolute atomic E-state index is 0.161. The zero-order chi connectivity index (χ0) is 15.6. The minimum atomic E-state index is -0.870. The Morgan fingerprint density at radius 1 is 1.14 bits per heavy atom. The van der Waals surface area contributed by atoms with Crippen LogP contribution in [0.1, 0.15) is 23.6 Å². The van der Waals surface area contributed by atoms with Crippen LogP contribution in [0.5, 0.6) is 0 Å². The highest BCUT2D eigenvalue weighted by molar-refractivity contribution is 5.80. The van der Waals surface area contributed by atoms with Crippen LogP contribution in [0.15, 0.2) is 24.3 Å². The molecule has 21 heavy (non-hydrogen) atoms. The molecule has 1 saturated heterocycles. The molecule has 0 spiro atoms. The summed E-state index contributed by atoms with van der Waals surface area (Å²) in [7, 11) is 2.55. The van der Waals surface area contributed by atoms with E-state index in [0.717, 1.165) is 16.2 Å². The van der Waals surface area contributed by atoms with Crippen LogP contribution in [0.3, 0.4) is 0 Å². The van der Waals surface area contributed by atoms with Crippen molar-refractivity contribution in [1.82, 2.24) is 5.06 Å². The predicted octanol–water partition coefficient (Wildman–Crippen LogP) is 1.46. The average molecular weight is 293 g/mol. The van der Waals surface area contributed by atoms with Gasteiger partial charge in [-0.1, -0.05) is 29.8 Å². The van der Waals surface area contributed by atoms with E-state index < -0.39 is 29.9 Å². The number of hydrogen-bond donors (Lipinski definition) is 1. The highest BCUT2D eigenvalue weighted by Gasteiger charge is 2.49. The van der Waals surface area contributed by atoms with Crippen molar-refractivity contribution in [3.63, 3.8) is 0 Å². The Labute approximate surface area is 123 Å². The average Bonchev–Trinajstić information content (AvgIpc) is 2.84. The molecule has 1 aromatic rings. The zero-order valence-corrected chi connectivity index (χ0v) is 12.3. The number of methoxy groups -OCH3 is 2. The molecule has 0 unspecified atom stereocenters. The normalized spacial score (nSPS) is 25.6. The van der Waals surface area contributed by atoms with Gasteiger partial charge >= 0.3 is 11.9 Å². The van der Waals surface area contributed by atoms with Crippen LogP contribution in [0.4, 0.5) is 0 Å².